The summed E-state index contributed by atoms with van der Waals surface area (Å²) in [5.74, 6) is -0.486. The van der Waals surface area contributed by atoms with Crippen LogP contribution in [0.5, 0.6) is 11.5 Å². The lowest BCUT2D eigenvalue weighted by Crippen LogP contribution is -2.50. The standard InChI is InChI=1S/C23H23F2N3O6/c24-14-2-4-16(25)18(8-14)28-23(31)27-17-5-3-15(34-21(17)11-29)9-22(30)26-10-13-1-6-19-20(7-13)33-12-32-19/h1-8,15,17,21,29H,9-12H2,(H,26,30)(H2,27,28,31)/t15-,17-,21-/m0/s1. The van der Waals surface area contributed by atoms with Gasteiger partial charge in [0.1, 0.15) is 17.7 Å². The van der Waals surface area contributed by atoms with E-state index in [1.165, 1.54) is 0 Å². The molecule has 2 aromatic carbocycles. The molecule has 2 aliphatic heterocycles. The van der Waals surface area contributed by atoms with Crippen LogP contribution in [0.4, 0.5) is 19.3 Å². The highest BCUT2D eigenvalue weighted by Gasteiger charge is 2.29. The molecule has 2 heterocycles. The van der Waals surface area contributed by atoms with Crippen LogP contribution in [-0.2, 0) is 16.1 Å². The van der Waals surface area contributed by atoms with Gasteiger partial charge in [-0.05, 0) is 29.8 Å². The molecule has 0 saturated carbocycles. The molecular weight excluding hydrogens is 452 g/mol. The van der Waals surface area contributed by atoms with Crippen molar-refractivity contribution in [3.05, 3.63) is 65.7 Å². The number of amides is 3. The van der Waals surface area contributed by atoms with Crippen LogP contribution in [-0.4, -0.2) is 48.7 Å². The summed E-state index contributed by atoms with van der Waals surface area (Å²) in [6, 6.07) is 6.52. The predicted octanol–water partition coefficient (Wildman–Crippen LogP) is 2.21. The Morgan fingerprint density at radius 1 is 1.06 bits per heavy atom. The van der Waals surface area contributed by atoms with Crippen LogP contribution in [0.3, 0.4) is 0 Å². The first-order valence-electron chi connectivity index (χ1n) is 10.5. The second kappa shape index (κ2) is 10.5. The molecule has 9 nitrogen and oxygen atoms in total. The molecule has 4 rings (SSSR count). The van der Waals surface area contributed by atoms with Crippen LogP contribution in [0.25, 0.3) is 0 Å². The average molecular weight is 475 g/mol. The normalized spacial score (nSPS) is 20.6. The number of carbonyl (C=O) groups excluding carboxylic acids is 2. The zero-order valence-electron chi connectivity index (χ0n) is 17.9. The Balaban J connectivity index is 1.27. The number of hydrogen-bond acceptors (Lipinski definition) is 6. The molecule has 180 valence electrons. The molecule has 0 bridgehead atoms. The van der Waals surface area contributed by atoms with Crippen LogP contribution in [0.15, 0.2) is 48.6 Å². The van der Waals surface area contributed by atoms with E-state index in [1.54, 1.807) is 24.3 Å². The number of fused-ring (bicyclic) bond motifs is 1. The number of rotatable bonds is 7. The molecule has 2 aromatic rings. The van der Waals surface area contributed by atoms with Gasteiger partial charge in [0, 0.05) is 12.6 Å². The minimum absolute atomic E-state index is 0.00493. The smallest absolute Gasteiger partial charge is 0.319 e. The Bertz CT molecular complexity index is 1100. The van der Waals surface area contributed by atoms with Crippen molar-refractivity contribution < 1.29 is 37.7 Å². The Kier molecular flexibility index (Phi) is 7.24. The first kappa shape index (κ1) is 23.5. The zero-order chi connectivity index (χ0) is 24.1. The van der Waals surface area contributed by atoms with Crippen molar-refractivity contribution in [2.75, 3.05) is 18.7 Å². The fourth-order valence-electron chi connectivity index (χ4n) is 3.55. The van der Waals surface area contributed by atoms with Gasteiger partial charge < -0.3 is 35.3 Å². The van der Waals surface area contributed by atoms with E-state index in [9.17, 15) is 23.5 Å². The number of anilines is 1. The maximum absolute atomic E-state index is 13.7. The van der Waals surface area contributed by atoms with Gasteiger partial charge in [0.25, 0.3) is 0 Å². The highest BCUT2D eigenvalue weighted by molar-refractivity contribution is 5.89. The Morgan fingerprint density at radius 3 is 2.71 bits per heavy atom. The number of nitrogens with one attached hydrogen (secondary N) is 3. The number of urea groups is 1. The molecule has 0 radical (unpaired) electrons. The minimum atomic E-state index is -0.834. The molecule has 0 unspecified atom stereocenters. The number of ether oxygens (including phenoxy) is 3. The van der Waals surface area contributed by atoms with E-state index in [4.69, 9.17) is 14.2 Å². The van der Waals surface area contributed by atoms with E-state index in [2.05, 4.69) is 16.0 Å². The van der Waals surface area contributed by atoms with E-state index in [0.717, 1.165) is 23.8 Å². The Morgan fingerprint density at radius 2 is 1.88 bits per heavy atom. The molecule has 3 amide bonds. The summed E-state index contributed by atoms with van der Waals surface area (Å²) in [5, 5.41) is 17.2. The van der Waals surface area contributed by atoms with Crippen molar-refractivity contribution >= 4 is 17.6 Å². The number of halogens is 2. The van der Waals surface area contributed by atoms with Crippen molar-refractivity contribution in [1.29, 1.82) is 0 Å². The lowest BCUT2D eigenvalue weighted by Gasteiger charge is -2.31. The first-order chi connectivity index (χ1) is 16.4. The molecule has 0 spiro atoms. The third-order valence-electron chi connectivity index (χ3n) is 5.25. The quantitative estimate of drug-likeness (QED) is 0.456. The molecule has 0 fully saturated rings. The SMILES string of the molecule is O=C(C[C@@H]1C=C[C@H](NC(=O)Nc2cc(F)ccc2F)[C@H](CO)O1)NCc1ccc2c(c1)OCO2. The van der Waals surface area contributed by atoms with Gasteiger partial charge in [0.15, 0.2) is 11.5 Å². The summed E-state index contributed by atoms with van der Waals surface area (Å²) < 4.78 is 43.3. The van der Waals surface area contributed by atoms with Gasteiger partial charge in [-0.25, -0.2) is 13.6 Å². The molecule has 0 saturated heterocycles. The van der Waals surface area contributed by atoms with E-state index >= 15 is 0 Å². The molecule has 3 atom stereocenters. The van der Waals surface area contributed by atoms with Crippen molar-refractivity contribution in [2.24, 2.45) is 0 Å². The molecule has 4 N–H and O–H groups in total. The van der Waals surface area contributed by atoms with Crippen molar-refractivity contribution in [3.8, 4) is 11.5 Å². The largest absolute Gasteiger partial charge is 0.454 e. The number of benzene rings is 2. The molecule has 34 heavy (non-hydrogen) atoms. The van der Waals surface area contributed by atoms with Crippen LogP contribution in [0.1, 0.15) is 12.0 Å². The van der Waals surface area contributed by atoms with Crippen LogP contribution in [0, 0.1) is 11.6 Å². The monoisotopic (exact) mass is 475 g/mol. The van der Waals surface area contributed by atoms with E-state index < -0.39 is 42.5 Å². The van der Waals surface area contributed by atoms with Crippen molar-refractivity contribution in [3.63, 3.8) is 0 Å². The summed E-state index contributed by atoms with van der Waals surface area (Å²) >= 11 is 0. The second-order valence-electron chi connectivity index (χ2n) is 7.70. The van der Waals surface area contributed by atoms with E-state index in [0.29, 0.717) is 11.5 Å². The number of aliphatic hydroxyl groups excluding tert-OH is 1. The number of aliphatic hydroxyl groups is 1. The van der Waals surface area contributed by atoms with Crippen molar-refractivity contribution in [2.45, 2.75) is 31.2 Å². The Hall–Kier alpha value is -3.70. The molecular formula is C23H23F2N3O6. The lowest BCUT2D eigenvalue weighted by atomic mass is 10.0. The summed E-state index contributed by atoms with van der Waals surface area (Å²) in [6.45, 7) is 0.0248. The maximum atomic E-state index is 13.7. The summed E-state index contributed by atoms with van der Waals surface area (Å²) in [5.41, 5.74) is 0.520. The first-order valence-corrected chi connectivity index (χ1v) is 10.5. The highest BCUT2D eigenvalue weighted by atomic mass is 19.1. The maximum Gasteiger partial charge on any atom is 0.319 e. The van der Waals surface area contributed by atoms with Crippen LogP contribution >= 0.6 is 0 Å². The predicted molar refractivity (Wildman–Crippen MR) is 116 cm³/mol. The van der Waals surface area contributed by atoms with Gasteiger partial charge in [-0.2, -0.15) is 0 Å². The van der Waals surface area contributed by atoms with Gasteiger partial charge in [0.2, 0.25) is 12.7 Å². The fourth-order valence-corrected chi connectivity index (χ4v) is 3.55. The minimum Gasteiger partial charge on any atom is -0.454 e. The number of hydrogen-bond donors (Lipinski definition) is 4. The average Bonchev–Trinajstić information content (AvgIpc) is 3.29. The van der Waals surface area contributed by atoms with Gasteiger partial charge in [0.05, 0.1) is 30.9 Å². The third-order valence-corrected chi connectivity index (χ3v) is 5.25. The molecule has 2 aliphatic rings. The highest BCUT2D eigenvalue weighted by Crippen LogP contribution is 2.32. The fraction of sp³-hybridized carbons (Fsp3) is 0.304. The van der Waals surface area contributed by atoms with Gasteiger partial charge in [-0.1, -0.05) is 18.2 Å². The Labute approximate surface area is 193 Å². The summed E-state index contributed by atoms with van der Waals surface area (Å²) in [4.78, 5) is 24.5. The third kappa shape index (κ3) is 5.80. The topological polar surface area (TPSA) is 118 Å². The van der Waals surface area contributed by atoms with E-state index in [1.807, 2.05) is 6.07 Å². The summed E-state index contributed by atoms with van der Waals surface area (Å²) in [6.07, 6.45) is 1.74. The lowest BCUT2D eigenvalue weighted by molar-refractivity contribution is -0.125. The van der Waals surface area contributed by atoms with Crippen LogP contribution in [0.2, 0.25) is 0 Å². The van der Waals surface area contributed by atoms with Gasteiger partial charge >= 0.3 is 6.03 Å². The number of carbonyl (C=O) groups is 2. The molecule has 0 aromatic heterocycles. The van der Waals surface area contributed by atoms with Gasteiger partial charge in [-0.3, -0.25) is 4.79 Å². The van der Waals surface area contributed by atoms with Crippen LogP contribution < -0.4 is 25.4 Å². The zero-order valence-corrected chi connectivity index (χ0v) is 17.9. The second-order valence-corrected chi connectivity index (χ2v) is 7.70. The van der Waals surface area contributed by atoms with Gasteiger partial charge in [-0.15, -0.1) is 0 Å². The van der Waals surface area contributed by atoms with Crippen molar-refractivity contribution in [1.82, 2.24) is 10.6 Å². The van der Waals surface area contributed by atoms with E-state index in [-0.39, 0.29) is 31.4 Å². The summed E-state index contributed by atoms with van der Waals surface area (Å²) in [7, 11) is 0. The molecule has 11 heteroatoms. The molecule has 0 aliphatic carbocycles.